The van der Waals surface area contributed by atoms with Crippen LogP contribution in [0.4, 0.5) is 22.0 Å². The first kappa shape index (κ1) is 15.4. The van der Waals surface area contributed by atoms with Gasteiger partial charge in [-0.1, -0.05) is 12.1 Å². The van der Waals surface area contributed by atoms with Crippen molar-refractivity contribution in [3.63, 3.8) is 0 Å². The maximum absolute atomic E-state index is 13.5. The minimum atomic E-state index is -4.67. The van der Waals surface area contributed by atoms with Gasteiger partial charge < -0.3 is 5.11 Å². The zero-order chi connectivity index (χ0) is 15.6. The summed E-state index contributed by atoms with van der Waals surface area (Å²) < 4.78 is 65.0. The molecular formula is C14H10F5NO. The lowest BCUT2D eigenvalue weighted by molar-refractivity contribution is -0.139. The van der Waals surface area contributed by atoms with Crippen LogP contribution in [-0.4, -0.2) is 10.1 Å². The fourth-order valence-electron chi connectivity index (χ4n) is 1.95. The summed E-state index contributed by atoms with van der Waals surface area (Å²) in [5.41, 5.74) is -1.74. The van der Waals surface area contributed by atoms with Crippen molar-refractivity contribution in [2.75, 3.05) is 0 Å². The topological polar surface area (TPSA) is 33.1 Å². The van der Waals surface area contributed by atoms with Gasteiger partial charge in [0.2, 0.25) is 0 Å². The Morgan fingerprint density at radius 3 is 2.52 bits per heavy atom. The lowest BCUT2D eigenvalue weighted by Gasteiger charge is -2.17. The SMILES string of the molecule is OC(Cc1cccc(F)c1F)c1cnccc1C(F)(F)F. The largest absolute Gasteiger partial charge is 0.416 e. The van der Waals surface area contributed by atoms with Crippen LogP contribution in [0.15, 0.2) is 36.7 Å². The van der Waals surface area contributed by atoms with E-state index >= 15 is 0 Å². The molecule has 1 N–H and O–H groups in total. The highest BCUT2D eigenvalue weighted by atomic mass is 19.4. The van der Waals surface area contributed by atoms with Crippen LogP contribution in [0.25, 0.3) is 0 Å². The maximum Gasteiger partial charge on any atom is 0.416 e. The Bertz CT molecular complexity index is 642. The second kappa shape index (κ2) is 5.77. The Balaban J connectivity index is 2.33. The third-order valence-corrected chi connectivity index (χ3v) is 2.96. The van der Waals surface area contributed by atoms with Gasteiger partial charge in [-0.15, -0.1) is 0 Å². The molecule has 1 atom stereocenters. The zero-order valence-electron chi connectivity index (χ0n) is 10.5. The zero-order valence-corrected chi connectivity index (χ0v) is 10.5. The molecule has 1 unspecified atom stereocenters. The van der Waals surface area contributed by atoms with Gasteiger partial charge >= 0.3 is 6.18 Å². The summed E-state index contributed by atoms with van der Waals surface area (Å²) in [6, 6.07) is 4.02. The molecule has 0 aliphatic rings. The number of hydrogen-bond acceptors (Lipinski definition) is 2. The van der Waals surface area contributed by atoms with Gasteiger partial charge in [0, 0.05) is 24.4 Å². The molecule has 0 fully saturated rings. The molecule has 2 aromatic rings. The Morgan fingerprint density at radius 2 is 1.86 bits per heavy atom. The van der Waals surface area contributed by atoms with Crippen molar-refractivity contribution in [2.24, 2.45) is 0 Å². The molecule has 0 radical (unpaired) electrons. The molecule has 2 nitrogen and oxygen atoms in total. The van der Waals surface area contributed by atoms with Crippen LogP contribution in [-0.2, 0) is 12.6 Å². The first-order chi connectivity index (χ1) is 9.80. The summed E-state index contributed by atoms with van der Waals surface area (Å²) in [5, 5.41) is 9.90. The minimum Gasteiger partial charge on any atom is -0.388 e. The number of alkyl halides is 3. The van der Waals surface area contributed by atoms with E-state index in [2.05, 4.69) is 4.98 Å². The average Bonchev–Trinajstić information content (AvgIpc) is 2.43. The van der Waals surface area contributed by atoms with Crippen LogP contribution in [0, 0.1) is 11.6 Å². The van der Waals surface area contributed by atoms with Crippen molar-refractivity contribution >= 4 is 0 Å². The second-order valence-corrected chi connectivity index (χ2v) is 4.39. The van der Waals surface area contributed by atoms with Crippen LogP contribution in [0.2, 0.25) is 0 Å². The van der Waals surface area contributed by atoms with E-state index in [0.29, 0.717) is 0 Å². The third kappa shape index (κ3) is 3.36. The number of rotatable bonds is 3. The van der Waals surface area contributed by atoms with Gasteiger partial charge in [-0.3, -0.25) is 4.98 Å². The van der Waals surface area contributed by atoms with Gasteiger partial charge in [0.25, 0.3) is 0 Å². The van der Waals surface area contributed by atoms with Crippen LogP contribution in [0.5, 0.6) is 0 Å². The van der Waals surface area contributed by atoms with Crippen LogP contribution in [0.3, 0.4) is 0 Å². The highest BCUT2D eigenvalue weighted by molar-refractivity contribution is 5.30. The van der Waals surface area contributed by atoms with E-state index in [0.717, 1.165) is 24.5 Å². The Kier molecular flexibility index (Phi) is 4.22. The molecule has 1 heterocycles. The van der Waals surface area contributed by atoms with E-state index in [-0.39, 0.29) is 5.56 Å². The lowest BCUT2D eigenvalue weighted by atomic mass is 9.98. The van der Waals surface area contributed by atoms with E-state index in [1.165, 1.54) is 12.1 Å². The van der Waals surface area contributed by atoms with Crippen molar-refractivity contribution in [3.05, 3.63) is 65.0 Å². The summed E-state index contributed by atoms with van der Waals surface area (Å²) in [6.45, 7) is 0. The fraction of sp³-hybridized carbons (Fsp3) is 0.214. The van der Waals surface area contributed by atoms with E-state index in [1.807, 2.05) is 0 Å². The molecule has 0 amide bonds. The predicted molar refractivity (Wildman–Crippen MR) is 64.3 cm³/mol. The fourth-order valence-corrected chi connectivity index (χ4v) is 1.95. The number of aliphatic hydroxyl groups excluding tert-OH is 1. The summed E-state index contributed by atoms with van der Waals surface area (Å²) >= 11 is 0. The number of nitrogens with zero attached hydrogens (tertiary/aromatic N) is 1. The van der Waals surface area contributed by atoms with E-state index in [9.17, 15) is 27.1 Å². The Hall–Kier alpha value is -2.02. The summed E-state index contributed by atoms with van der Waals surface area (Å²) in [4.78, 5) is 3.53. The van der Waals surface area contributed by atoms with Crippen LogP contribution >= 0.6 is 0 Å². The van der Waals surface area contributed by atoms with E-state index in [4.69, 9.17) is 0 Å². The van der Waals surface area contributed by atoms with Gasteiger partial charge in [-0.05, 0) is 17.7 Å². The molecule has 0 aliphatic heterocycles. The first-order valence-electron chi connectivity index (χ1n) is 5.92. The number of halogens is 5. The third-order valence-electron chi connectivity index (χ3n) is 2.96. The lowest BCUT2D eigenvalue weighted by Crippen LogP contribution is -2.14. The van der Waals surface area contributed by atoms with Crippen molar-refractivity contribution < 1.29 is 27.1 Å². The predicted octanol–water partition coefficient (Wildman–Crippen LogP) is 3.65. The van der Waals surface area contributed by atoms with Gasteiger partial charge in [-0.25, -0.2) is 8.78 Å². The average molecular weight is 303 g/mol. The molecule has 0 bridgehead atoms. The molecule has 0 saturated heterocycles. The van der Waals surface area contributed by atoms with Crippen molar-refractivity contribution in [1.82, 2.24) is 4.98 Å². The maximum atomic E-state index is 13.5. The van der Waals surface area contributed by atoms with Crippen molar-refractivity contribution in [2.45, 2.75) is 18.7 Å². The quantitative estimate of drug-likeness (QED) is 0.878. The van der Waals surface area contributed by atoms with E-state index < -0.39 is 41.5 Å². The van der Waals surface area contributed by atoms with E-state index in [1.54, 1.807) is 0 Å². The normalized spacial score (nSPS) is 13.2. The summed E-state index contributed by atoms with van der Waals surface area (Å²) in [7, 11) is 0. The molecule has 7 heteroatoms. The monoisotopic (exact) mass is 303 g/mol. The highest BCUT2D eigenvalue weighted by Crippen LogP contribution is 2.35. The smallest absolute Gasteiger partial charge is 0.388 e. The number of aromatic nitrogens is 1. The molecule has 1 aromatic heterocycles. The second-order valence-electron chi connectivity index (χ2n) is 4.39. The standard InChI is InChI=1S/C14H10F5NO/c15-11-3-1-2-8(13(11)16)6-12(21)9-7-20-5-4-10(9)14(17,18)19/h1-5,7,12,21H,6H2. The van der Waals surface area contributed by atoms with Gasteiger partial charge in [0.05, 0.1) is 11.7 Å². The molecular weight excluding hydrogens is 293 g/mol. The number of aliphatic hydroxyl groups is 1. The minimum absolute atomic E-state index is 0.209. The molecule has 0 spiro atoms. The molecule has 1 aromatic carbocycles. The number of hydrogen-bond donors (Lipinski definition) is 1. The Labute approximate surface area is 116 Å². The Morgan fingerprint density at radius 1 is 1.14 bits per heavy atom. The summed E-state index contributed by atoms with van der Waals surface area (Å²) in [5.74, 6) is -2.31. The molecule has 0 aliphatic carbocycles. The van der Waals surface area contributed by atoms with Crippen molar-refractivity contribution in [3.8, 4) is 0 Å². The number of benzene rings is 1. The molecule has 2 rings (SSSR count). The number of pyridine rings is 1. The van der Waals surface area contributed by atoms with Crippen molar-refractivity contribution in [1.29, 1.82) is 0 Å². The van der Waals surface area contributed by atoms with Gasteiger partial charge in [0.1, 0.15) is 0 Å². The first-order valence-corrected chi connectivity index (χ1v) is 5.92. The van der Waals surface area contributed by atoms with Gasteiger partial charge in [-0.2, -0.15) is 13.2 Å². The van der Waals surface area contributed by atoms with Crippen LogP contribution < -0.4 is 0 Å². The molecule has 21 heavy (non-hydrogen) atoms. The van der Waals surface area contributed by atoms with Gasteiger partial charge in [0.15, 0.2) is 11.6 Å². The highest BCUT2D eigenvalue weighted by Gasteiger charge is 2.35. The molecule has 0 saturated carbocycles. The summed E-state index contributed by atoms with van der Waals surface area (Å²) in [6.07, 6.45) is -4.99. The van der Waals surface area contributed by atoms with Crippen LogP contribution in [0.1, 0.15) is 22.8 Å². The molecule has 112 valence electrons.